The van der Waals surface area contributed by atoms with Gasteiger partial charge in [0, 0.05) is 77.1 Å². The van der Waals surface area contributed by atoms with Crippen molar-refractivity contribution >= 4 is 45.6 Å². The molecule has 0 spiro atoms. The van der Waals surface area contributed by atoms with E-state index in [2.05, 4.69) is 24.5 Å². The molecule has 1 fully saturated rings. The number of ether oxygens (including phenoxy) is 2. The summed E-state index contributed by atoms with van der Waals surface area (Å²) in [7, 11) is 5.07. The van der Waals surface area contributed by atoms with Crippen molar-refractivity contribution in [1.82, 2.24) is 35.5 Å². The van der Waals surface area contributed by atoms with E-state index in [0.29, 0.717) is 63.3 Å². The molecular formula is C45H59N7O10Pd. The van der Waals surface area contributed by atoms with Crippen molar-refractivity contribution in [3.8, 4) is 0 Å². The van der Waals surface area contributed by atoms with E-state index in [9.17, 15) is 39.6 Å². The first-order valence-corrected chi connectivity index (χ1v) is 21.2. The summed E-state index contributed by atoms with van der Waals surface area (Å²) in [4.78, 5) is 76.8. The number of aromatic nitrogens is 4. The minimum Gasteiger partial charge on any atom is -0.657 e. The van der Waals surface area contributed by atoms with Crippen molar-refractivity contribution in [2.24, 2.45) is 0 Å². The summed E-state index contributed by atoms with van der Waals surface area (Å²) >= 11 is 0. The fourth-order valence-corrected chi connectivity index (χ4v) is 8.96. The van der Waals surface area contributed by atoms with E-state index in [4.69, 9.17) is 29.4 Å². The summed E-state index contributed by atoms with van der Waals surface area (Å²) < 4.78 is 10.5. The molecule has 5 unspecified atom stereocenters. The Labute approximate surface area is 380 Å². The van der Waals surface area contributed by atoms with Crippen molar-refractivity contribution < 1.29 is 69.5 Å². The topological polar surface area (TPSA) is 249 Å². The molecule has 63 heavy (non-hydrogen) atoms. The number of nitrogens with one attached hydrogen (secondary N) is 2. The number of esters is 1. The molecule has 6 rings (SSSR count). The monoisotopic (exact) mass is 963 g/mol. The molecular weight excluding hydrogens is 905 g/mol. The van der Waals surface area contributed by atoms with Gasteiger partial charge in [0.05, 0.1) is 20.1 Å². The molecule has 6 N–H and O–H groups in total. The summed E-state index contributed by atoms with van der Waals surface area (Å²) in [6, 6.07) is 4.17. The van der Waals surface area contributed by atoms with Gasteiger partial charge in [-0.1, -0.05) is 50.1 Å². The zero-order valence-electron chi connectivity index (χ0n) is 37.2. The average molecular weight is 964 g/mol. The van der Waals surface area contributed by atoms with Crippen molar-refractivity contribution in [2.45, 2.75) is 122 Å². The van der Waals surface area contributed by atoms with Gasteiger partial charge >= 0.3 is 26.4 Å². The molecule has 3 aromatic rings. The number of likely N-dealkylation sites (N-methyl/N-ethyl adjacent to an activating group) is 1. The predicted octanol–water partition coefficient (Wildman–Crippen LogP) is 2.28. The summed E-state index contributed by atoms with van der Waals surface area (Å²) in [6.07, 6.45) is -5.75. The molecule has 3 aliphatic rings. The molecule has 0 radical (unpaired) electrons. The molecule has 2 amide bonds. The Kier molecular flexibility index (Phi) is 16.3. The van der Waals surface area contributed by atoms with Gasteiger partial charge in [0.1, 0.15) is 24.4 Å². The van der Waals surface area contributed by atoms with Crippen LogP contribution in [0.3, 0.4) is 0 Å². The van der Waals surface area contributed by atoms with Crippen LogP contribution < -0.4 is 20.6 Å². The van der Waals surface area contributed by atoms with Crippen LogP contribution in [-0.2, 0) is 45.9 Å². The minimum absolute atomic E-state index is 0. The van der Waals surface area contributed by atoms with Crippen LogP contribution >= 0.6 is 0 Å². The number of Topliss-reactive ketones (excluding diaryl/α,β-unsaturated/α-hetero) is 1. The van der Waals surface area contributed by atoms with Crippen LogP contribution in [0.4, 0.5) is 0 Å². The molecule has 6 heterocycles. The molecule has 3 aromatic heterocycles. The molecule has 8 bridgehead atoms. The number of fused-ring (bicyclic) bond motifs is 8. The first-order chi connectivity index (χ1) is 29.4. The van der Waals surface area contributed by atoms with Crippen LogP contribution in [0.25, 0.3) is 22.1 Å². The number of aryl methyl sites for hydroxylation is 2. The summed E-state index contributed by atoms with van der Waals surface area (Å²) in [5.74, 6) is -2.75. The quantitative estimate of drug-likeness (QED) is 0.0818. The van der Waals surface area contributed by atoms with Gasteiger partial charge in [0.25, 0.3) is 0 Å². The Morgan fingerprint density at radius 2 is 1.51 bits per heavy atom. The second-order valence-corrected chi connectivity index (χ2v) is 17.0. The van der Waals surface area contributed by atoms with Crippen LogP contribution in [0.1, 0.15) is 131 Å². The van der Waals surface area contributed by atoms with Crippen LogP contribution in [0, 0.1) is 13.8 Å². The first-order valence-electron chi connectivity index (χ1n) is 21.2. The number of carbonyl (C=O) groups excluding carboxylic acids is 4. The molecule has 344 valence electrons. The third-order valence-electron chi connectivity index (χ3n) is 12.6. The van der Waals surface area contributed by atoms with Gasteiger partial charge < -0.3 is 55.4 Å². The number of aliphatic hydroxyl groups excluding tert-OH is 4. The number of methoxy groups -OCH3 is 1. The van der Waals surface area contributed by atoms with Crippen LogP contribution in [-0.4, -0.2) is 130 Å². The largest absolute Gasteiger partial charge is 2.00 e. The van der Waals surface area contributed by atoms with Crippen LogP contribution in [0.5, 0.6) is 0 Å². The second kappa shape index (κ2) is 20.6. The number of amides is 2. The van der Waals surface area contributed by atoms with E-state index in [1.165, 1.54) is 14.0 Å². The Balaban J connectivity index is 0.00000748. The molecule has 17 nitrogen and oxygen atoms in total. The van der Waals surface area contributed by atoms with Gasteiger partial charge in [-0.05, 0) is 53.3 Å². The first kappa shape index (κ1) is 49.6. The average Bonchev–Trinajstić information content (AvgIpc) is 3.91. The summed E-state index contributed by atoms with van der Waals surface area (Å²) in [5, 5.41) is 46.8. The molecule has 9 atom stereocenters. The summed E-state index contributed by atoms with van der Waals surface area (Å²) in [5.41, 5.74) is 6.50. The van der Waals surface area contributed by atoms with E-state index in [0.717, 1.165) is 17.8 Å². The Morgan fingerprint density at radius 1 is 0.889 bits per heavy atom. The Morgan fingerprint density at radius 3 is 2.14 bits per heavy atom. The van der Waals surface area contributed by atoms with E-state index in [-0.39, 0.29) is 68.4 Å². The molecule has 3 aliphatic heterocycles. The van der Waals surface area contributed by atoms with Crippen LogP contribution in [0.15, 0.2) is 18.2 Å². The van der Waals surface area contributed by atoms with Crippen molar-refractivity contribution in [1.29, 1.82) is 0 Å². The van der Waals surface area contributed by atoms with E-state index < -0.39 is 66.9 Å². The summed E-state index contributed by atoms with van der Waals surface area (Å²) in [6.45, 7) is 11.5. The maximum absolute atomic E-state index is 14.3. The Bertz CT molecular complexity index is 2380. The fourth-order valence-electron chi connectivity index (χ4n) is 8.96. The zero-order chi connectivity index (χ0) is 45.3. The van der Waals surface area contributed by atoms with Gasteiger partial charge in [-0.3, -0.25) is 29.1 Å². The normalized spacial score (nSPS) is 24.4. The minimum atomic E-state index is -1.71. The maximum atomic E-state index is 14.3. The third kappa shape index (κ3) is 10.1. The second-order valence-electron chi connectivity index (χ2n) is 17.0. The number of rotatable bonds is 13. The molecule has 0 aliphatic carbocycles. The number of nitrogens with zero attached hydrogens (tertiary/aromatic N) is 5. The van der Waals surface area contributed by atoms with Gasteiger partial charge in [-0.15, -0.1) is 22.1 Å². The standard InChI is InChI=1S/C45H61N7O10.Pd/c1-10-25-20(2)28-18-33-37(24(6)54)22(4)30(48-33)16-29-21(3)26(11-12-35(55)51-41-43(58)42(57)34(19-53)62-45(41)60)39(49-29)27(15-36(56)61-9)40-38(44(59)46-13-14-52(7)8)23(5)31(50-40)17-32(25)47-28;/h16-18,20-21,25-26,34,41-43,45,53,57-58,60H,10-15,19H2,1-9H3,(H4,46,47,48,49,50,51,54,55,59);/q;+2/p-2/t20-,21+,25-,26+,34?,41?,42?,43?,45?;/m1./s1. The fraction of sp³-hybridized carbons (Fsp3) is 0.556. The maximum Gasteiger partial charge on any atom is 2.00 e. The third-order valence-corrected chi connectivity index (χ3v) is 12.6. The smallest absolute Gasteiger partial charge is 0.657 e. The molecule has 18 heteroatoms. The number of carbonyl (C=O) groups is 4. The zero-order valence-corrected chi connectivity index (χ0v) is 38.7. The molecule has 1 saturated heterocycles. The van der Waals surface area contributed by atoms with Crippen LogP contribution in [0.2, 0.25) is 0 Å². The number of aliphatic hydroxyl groups is 4. The predicted molar refractivity (Wildman–Crippen MR) is 229 cm³/mol. The molecule has 0 aromatic carbocycles. The van der Waals surface area contributed by atoms with E-state index in [1.54, 1.807) is 6.07 Å². The Hall–Kier alpha value is -4.38. The number of ketones is 1. The van der Waals surface area contributed by atoms with Gasteiger partial charge in [0.2, 0.25) is 11.8 Å². The molecule has 0 saturated carbocycles. The van der Waals surface area contributed by atoms with E-state index >= 15 is 0 Å². The van der Waals surface area contributed by atoms with Gasteiger partial charge in [0.15, 0.2) is 12.1 Å². The van der Waals surface area contributed by atoms with E-state index in [1.807, 2.05) is 51.9 Å². The van der Waals surface area contributed by atoms with Gasteiger partial charge in [-0.25, -0.2) is 0 Å². The SMILES string of the molecule is CC[C@H]1c2cc3[n-]c(c(CC(=O)OC)c4nc(cc5[n-]c(cc(n2)[C@@H]1C)c(C(C)=O)c5C)[C@@H](C)[C@@H]4CCC(=O)NC1C(O)OC(CO)C(O)C1O)c(C(=O)NCCN(C)C)c3C.[Pd+2]. The number of hydrogen-bond acceptors (Lipinski definition) is 13. The van der Waals surface area contributed by atoms with Gasteiger partial charge in [-0.2, -0.15) is 0 Å². The van der Waals surface area contributed by atoms with Crippen molar-refractivity contribution in [3.05, 3.63) is 68.8 Å². The van der Waals surface area contributed by atoms with Crippen molar-refractivity contribution in [3.63, 3.8) is 0 Å². The van der Waals surface area contributed by atoms with Crippen molar-refractivity contribution in [2.75, 3.05) is 40.9 Å². The number of hydrogen-bond donors (Lipinski definition) is 6.